The summed E-state index contributed by atoms with van der Waals surface area (Å²) < 4.78 is 10.2. The van der Waals surface area contributed by atoms with Crippen LogP contribution in [0.3, 0.4) is 0 Å². The molecule has 0 fully saturated rings. The zero-order valence-corrected chi connectivity index (χ0v) is 12.6. The van der Waals surface area contributed by atoms with Crippen LogP contribution >= 0.6 is 11.8 Å². The largest absolute Gasteiger partial charge is 0.497 e. The van der Waals surface area contributed by atoms with Crippen LogP contribution < -0.4 is 14.8 Å². The van der Waals surface area contributed by atoms with Gasteiger partial charge in [0, 0.05) is 4.90 Å². The Bertz CT molecular complexity index is 585. The zero-order valence-electron chi connectivity index (χ0n) is 11.8. The van der Waals surface area contributed by atoms with E-state index in [2.05, 4.69) is 20.5 Å². The van der Waals surface area contributed by atoms with Gasteiger partial charge in [-0.2, -0.15) is 4.98 Å². The molecular weight excluding hydrogens is 292 g/mol. The number of aromatic amines is 1. The highest BCUT2D eigenvalue weighted by molar-refractivity contribution is 8.00. The number of nitrogens with one attached hydrogen (secondary N) is 2. The van der Waals surface area contributed by atoms with Gasteiger partial charge in [-0.15, -0.1) is 16.9 Å². The molecule has 0 atom stereocenters. The van der Waals surface area contributed by atoms with Crippen molar-refractivity contribution in [1.82, 2.24) is 15.2 Å². The van der Waals surface area contributed by atoms with Crippen LogP contribution in [0.5, 0.6) is 11.8 Å². The highest BCUT2D eigenvalue weighted by atomic mass is 32.2. The van der Waals surface area contributed by atoms with Gasteiger partial charge < -0.3 is 9.47 Å². The smallest absolute Gasteiger partial charge is 0.337 e. The third-order valence-corrected chi connectivity index (χ3v) is 3.44. The van der Waals surface area contributed by atoms with Crippen molar-refractivity contribution in [2.75, 3.05) is 24.8 Å². The average Bonchev–Trinajstić information content (AvgIpc) is 2.93. The van der Waals surface area contributed by atoms with Crippen LogP contribution in [0.1, 0.15) is 6.92 Å². The molecule has 0 bridgehead atoms. The van der Waals surface area contributed by atoms with Crippen LogP contribution in [-0.4, -0.2) is 40.6 Å². The van der Waals surface area contributed by atoms with E-state index in [0.29, 0.717) is 6.61 Å². The van der Waals surface area contributed by atoms with E-state index in [-0.39, 0.29) is 23.6 Å². The summed E-state index contributed by atoms with van der Waals surface area (Å²) in [5, 5.41) is 9.01. The summed E-state index contributed by atoms with van der Waals surface area (Å²) in [4.78, 5) is 16.7. The Labute approximate surface area is 126 Å². The quantitative estimate of drug-likeness (QED) is 0.760. The van der Waals surface area contributed by atoms with Gasteiger partial charge in [0.15, 0.2) is 0 Å². The van der Waals surface area contributed by atoms with E-state index in [1.165, 1.54) is 11.8 Å². The van der Waals surface area contributed by atoms with Crippen LogP contribution in [0.4, 0.5) is 5.95 Å². The minimum Gasteiger partial charge on any atom is -0.497 e. The Kier molecular flexibility index (Phi) is 5.44. The molecule has 2 N–H and O–H groups in total. The number of H-pyrrole nitrogens is 1. The molecule has 0 aliphatic carbocycles. The molecule has 0 spiro atoms. The van der Waals surface area contributed by atoms with Gasteiger partial charge in [0.05, 0.1) is 19.5 Å². The lowest BCUT2D eigenvalue weighted by Crippen LogP contribution is -2.15. The van der Waals surface area contributed by atoms with Gasteiger partial charge in [-0.1, -0.05) is 0 Å². The molecule has 2 aromatic rings. The second kappa shape index (κ2) is 7.53. The first-order chi connectivity index (χ1) is 10.2. The monoisotopic (exact) mass is 308 g/mol. The first-order valence-corrected chi connectivity index (χ1v) is 7.31. The number of benzene rings is 1. The van der Waals surface area contributed by atoms with E-state index < -0.39 is 0 Å². The summed E-state index contributed by atoms with van der Waals surface area (Å²) in [6.07, 6.45) is 0. The number of methoxy groups -OCH3 is 1. The Morgan fingerprint density at radius 1 is 1.38 bits per heavy atom. The second-order valence-electron chi connectivity index (χ2n) is 3.91. The molecule has 7 nitrogen and oxygen atoms in total. The minimum absolute atomic E-state index is 0.171. The summed E-state index contributed by atoms with van der Waals surface area (Å²) in [7, 11) is 1.61. The molecule has 2 rings (SSSR count). The molecule has 0 aliphatic heterocycles. The molecule has 112 valence electrons. The summed E-state index contributed by atoms with van der Waals surface area (Å²) in [5.74, 6) is 1.17. The fourth-order valence-electron chi connectivity index (χ4n) is 1.48. The minimum atomic E-state index is -0.171. The molecule has 8 heteroatoms. The van der Waals surface area contributed by atoms with Crippen LogP contribution in [0.2, 0.25) is 0 Å². The van der Waals surface area contributed by atoms with Crippen molar-refractivity contribution in [3.8, 4) is 11.8 Å². The van der Waals surface area contributed by atoms with E-state index in [0.717, 1.165) is 10.6 Å². The molecule has 1 heterocycles. The fraction of sp³-hybridized carbons (Fsp3) is 0.308. The third-order valence-electron chi connectivity index (χ3n) is 2.43. The Hall–Kier alpha value is -2.22. The van der Waals surface area contributed by atoms with E-state index in [4.69, 9.17) is 9.47 Å². The lowest BCUT2D eigenvalue weighted by Gasteiger charge is -2.03. The lowest BCUT2D eigenvalue weighted by molar-refractivity contribution is -0.113. The highest BCUT2D eigenvalue weighted by Crippen LogP contribution is 2.21. The molecule has 0 saturated heterocycles. The number of hydrogen-bond acceptors (Lipinski definition) is 6. The maximum absolute atomic E-state index is 11.8. The molecule has 21 heavy (non-hydrogen) atoms. The number of nitrogens with zero attached hydrogens (tertiary/aromatic N) is 2. The van der Waals surface area contributed by atoms with Crippen molar-refractivity contribution in [2.24, 2.45) is 0 Å². The van der Waals surface area contributed by atoms with Crippen molar-refractivity contribution >= 4 is 23.6 Å². The Balaban J connectivity index is 1.80. The van der Waals surface area contributed by atoms with Gasteiger partial charge in [-0.05, 0) is 31.2 Å². The molecule has 1 amide bonds. The number of aromatic nitrogens is 3. The number of anilines is 1. The van der Waals surface area contributed by atoms with Crippen molar-refractivity contribution in [1.29, 1.82) is 0 Å². The van der Waals surface area contributed by atoms with Crippen molar-refractivity contribution < 1.29 is 14.3 Å². The van der Waals surface area contributed by atoms with Crippen molar-refractivity contribution in [3.63, 3.8) is 0 Å². The number of thioether (sulfide) groups is 1. The first kappa shape index (κ1) is 15.2. The zero-order chi connectivity index (χ0) is 15.1. The molecule has 0 unspecified atom stereocenters. The normalized spacial score (nSPS) is 10.2. The van der Waals surface area contributed by atoms with Gasteiger partial charge in [0.2, 0.25) is 11.9 Å². The van der Waals surface area contributed by atoms with Gasteiger partial charge in [0.25, 0.3) is 0 Å². The third kappa shape index (κ3) is 4.67. The first-order valence-electron chi connectivity index (χ1n) is 6.33. The number of rotatable bonds is 7. The van der Waals surface area contributed by atoms with Crippen LogP contribution in [0, 0.1) is 0 Å². The Morgan fingerprint density at radius 2 is 2.14 bits per heavy atom. The molecule has 1 aromatic heterocycles. The van der Waals surface area contributed by atoms with Gasteiger partial charge in [-0.25, -0.2) is 5.10 Å². The maximum atomic E-state index is 11.8. The van der Waals surface area contributed by atoms with Gasteiger partial charge in [-0.3, -0.25) is 10.1 Å². The van der Waals surface area contributed by atoms with Crippen LogP contribution in [0.15, 0.2) is 29.2 Å². The van der Waals surface area contributed by atoms with E-state index >= 15 is 0 Å². The predicted octanol–water partition coefficient (Wildman–Crippen LogP) is 1.94. The molecule has 0 saturated carbocycles. The molecular formula is C13H16N4O3S. The number of amides is 1. The number of carbonyl (C=O) groups excluding carboxylic acids is 1. The summed E-state index contributed by atoms with van der Waals surface area (Å²) in [5.41, 5.74) is 0. The highest BCUT2D eigenvalue weighted by Gasteiger charge is 2.08. The summed E-state index contributed by atoms with van der Waals surface area (Å²) >= 11 is 1.42. The Morgan fingerprint density at radius 3 is 2.81 bits per heavy atom. The summed E-state index contributed by atoms with van der Waals surface area (Å²) in [6, 6.07) is 7.73. The number of carbonyl (C=O) groups is 1. The molecule has 0 aliphatic rings. The predicted molar refractivity (Wildman–Crippen MR) is 79.9 cm³/mol. The topological polar surface area (TPSA) is 89.1 Å². The standard InChI is InChI=1S/C13H16N4O3S/c1-3-20-13-15-12(16-17-13)14-11(18)8-21-10-6-4-9(19-2)5-7-10/h4-7H,3,8H2,1-2H3,(H2,14,15,16,17,18). The van der Waals surface area contributed by atoms with E-state index in [9.17, 15) is 4.79 Å². The van der Waals surface area contributed by atoms with Gasteiger partial charge >= 0.3 is 6.01 Å². The van der Waals surface area contributed by atoms with Crippen molar-refractivity contribution in [2.45, 2.75) is 11.8 Å². The maximum Gasteiger partial charge on any atom is 0.337 e. The van der Waals surface area contributed by atoms with Crippen LogP contribution in [0.25, 0.3) is 0 Å². The van der Waals surface area contributed by atoms with Gasteiger partial charge in [0.1, 0.15) is 5.75 Å². The van der Waals surface area contributed by atoms with Crippen LogP contribution in [-0.2, 0) is 4.79 Å². The number of hydrogen-bond donors (Lipinski definition) is 2. The molecule has 1 aromatic carbocycles. The van der Waals surface area contributed by atoms with E-state index in [1.807, 2.05) is 31.2 Å². The SMILES string of the molecule is CCOc1n[nH]c(NC(=O)CSc2ccc(OC)cc2)n1. The lowest BCUT2D eigenvalue weighted by atomic mass is 10.3. The average molecular weight is 308 g/mol. The van der Waals surface area contributed by atoms with Crippen molar-refractivity contribution in [3.05, 3.63) is 24.3 Å². The molecule has 0 radical (unpaired) electrons. The fourth-order valence-corrected chi connectivity index (χ4v) is 2.18. The second-order valence-corrected chi connectivity index (χ2v) is 4.96. The number of ether oxygens (including phenoxy) is 2. The van der Waals surface area contributed by atoms with E-state index in [1.54, 1.807) is 7.11 Å². The summed E-state index contributed by atoms with van der Waals surface area (Å²) in [6.45, 7) is 2.30.